The molecule has 148 valence electrons. The molecular weight excluding hydrogens is 378 g/mol. The highest BCUT2D eigenvalue weighted by Gasteiger charge is 2.60. The third-order valence-electron chi connectivity index (χ3n) is 5.20. The van der Waals surface area contributed by atoms with Crippen LogP contribution in [0.4, 0.5) is 13.6 Å². The second kappa shape index (κ2) is 6.68. The van der Waals surface area contributed by atoms with E-state index in [1.54, 1.807) is 12.1 Å². The van der Waals surface area contributed by atoms with Gasteiger partial charge in [-0.1, -0.05) is 30.0 Å². The Morgan fingerprint density at radius 2 is 1.62 bits per heavy atom. The number of carbonyl (C=O) groups excluding carboxylic acids is 2. The van der Waals surface area contributed by atoms with Gasteiger partial charge >= 0.3 is 6.03 Å². The summed E-state index contributed by atoms with van der Waals surface area (Å²) in [6.45, 7) is 2.95. The van der Waals surface area contributed by atoms with Gasteiger partial charge in [-0.15, -0.1) is 0 Å². The molecule has 7 heteroatoms. The van der Waals surface area contributed by atoms with E-state index in [0.29, 0.717) is 5.56 Å². The number of hydrogen-bond acceptors (Lipinski definition) is 3. The van der Waals surface area contributed by atoms with Crippen molar-refractivity contribution in [1.29, 1.82) is 0 Å². The summed E-state index contributed by atoms with van der Waals surface area (Å²) in [7, 11) is 0. The van der Waals surface area contributed by atoms with Crippen molar-refractivity contribution in [3.8, 4) is 11.8 Å². The number of urea groups is 1. The summed E-state index contributed by atoms with van der Waals surface area (Å²) >= 11 is 0. The first-order chi connectivity index (χ1) is 13.7. The molecule has 2 aromatic rings. The Bertz CT molecular complexity index is 1040. The molecule has 2 heterocycles. The Kier molecular flexibility index (Phi) is 4.39. The molecule has 0 unspecified atom stereocenters. The lowest BCUT2D eigenvalue weighted by Gasteiger charge is -2.38. The molecular formula is C22H18F2N2O3. The molecule has 1 spiro atoms. The van der Waals surface area contributed by atoms with Crippen molar-refractivity contribution in [3.05, 3.63) is 70.8 Å². The molecule has 0 atom stereocenters. The van der Waals surface area contributed by atoms with Crippen molar-refractivity contribution < 1.29 is 23.1 Å². The van der Waals surface area contributed by atoms with E-state index in [9.17, 15) is 18.4 Å². The van der Waals surface area contributed by atoms with Crippen molar-refractivity contribution in [3.63, 3.8) is 0 Å². The molecule has 5 nitrogen and oxygen atoms in total. The summed E-state index contributed by atoms with van der Waals surface area (Å²) in [5, 5.41) is 2.58. The lowest BCUT2D eigenvalue weighted by Crippen LogP contribution is -2.62. The first-order valence-electron chi connectivity index (χ1n) is 9.06. The molecule has 4 rings (SSSR count). The van der Waals surface area contributed by atoms with E-state index in [1.807, 2.05) is 18.2 Å². The van der Waals surface area contributed by atoms with Gasteiger partial charge in [0.25, 0.3) is 5.91 Å². The summed E-state index contributed by atoms with van der Waals surface area (Å²) in [6, 6.07) is 10.6. The van der Waals surface area contributed by atoms with Crippen LogP contribution in [-0.2, 0) is 15.1 Å². The summed E-state index contributed by atoms with van der Waals surface area (Å²) in [5.74, 6) is 3.27. The van der Waals surface area contributed by atoms with Crippen LogP contribution in [0.3, 0.4) is 0 Å². The van der Waals surface area contributed by atoms with Gasteiger partial charge in [-0.05, 0) is 38.1 Å². The predicted octanol–water partition coefficient (Wildman–Crippen LogP) is 2.92. The molecule has 2 aromatic carbocycles. The van der Waals surface area contributed by atoms with Crippen molar-refractivity contribution in [2.24, 2.45) is 0 Å². The van der Waals surface area contributed by atoms with Crippen LogP contribution in [0.2, 0.25) is 0 Å². The minimum atomic E-state index is -1.54. The molecule has 3 amide bonds. The number of hydrogen-bond donors (Lipinski definition) is 1. The fourth-order valence-electron chi connectivity index (χ4n) is 3.64. The number of amides is 3. The number of halogens is 2. The third-order valence-corrected chi connectivity index (χ3v) is 5.20. The molecule has 1 N–H and O–H groups in total. The first kappa shape index (κ1) is 19.1. The van der Waals surface area contributed by atoms with Crippen molar-refractivity contribution in [2.45, 2.75) is 24.9 Å². The Hall–Kier alpha value is -3.24. The second-order valence-corrected chi connectivity index (χ2v) is 7.64. The summed E-state index contributed by atoms with van der Waals surface area (Å²) in [5.41, 5.74) is -2.18. The number of carbonyl (C=O) groups is 2. The molecule has 29 heavy (non-hydrogen) atoms. The smallest absolute Gasteiger partial charge is 0.325 e. The van der Waals surface area contributed by atoms with Crippen molar-refractivity contribution >= 4 is 11.9 Å². The van der Waals surface area contributed by atoms with Gasteiger partial charge in [0, 0.05) is 16.7 Å². The Morgan fingerprint density at radius 1 is 1.03 bits per heavy atom. The number of nitrogens with zero attached hydrogens (tertiary/aromatic N) is 1. The number of imide groups is 1. The lowest BCUT2D eigenvalue weighted by atomic mass is 9.88. The monoisotopic (exact) mass is 396 g/mol. The van der Waals surface area contributed by atoms with Crippen LogP contribution in [0.5, 0.6) is 0 Å². The maximum atomic E-state index is 14.9. The van der Waals surface area contributed by atoms with Crippen LogP contribution in [0, 0.1) is 23.5 Å². The molecule has 2 fully saturated rings. The van der Waals surface area contributed by atoms with Gasteiger partial charge in [-0.3, -0.25) is 9.69 Å². The van der Waals surface area contributed by atoms with Gasteiger partial charge in [0.05, 0.1) is 18.8 Å². The third kappa shape index (κ3) is 3.06. The molecule has 0 bridgehead atoms. The summed E-state index contributed by atoms with van der Waals surface area (Å²) < 4.78 is 34.9. The van der Waals surface area contributed by atoms with Gasteiger partial charge < -0.3 is 10.1 Å². The zero-order valence-electron chi connectivity index (χ0n) is 15.9. The van der Waals surface area contributed by atoms with Crippen LogP contribution >= 0.6 is 0 Å². The average molecular weight is 396 g/mol. The van der Waals surface area contributed by atoms with E-state index in [-0.39, 0.29) is 24.3 Å². The topological polar surface area (TPSA) is 58.6 Å². The standard InChI is InChI=1S/C22H18F2N2O3/c1-21(2,26-19(27)22(12-29-13-22)25-20(26)28)18-16(23)10-15(11-17(18)24)9-8-14-6-4-3-5-7-14/h3-7,10-11H,12-13H2,1-2H3,(H,25,28). The largest absolute Gasteiger partial charge is 0.375 e. The van der Waals surface area contributed by atoms with Crippen LogP contribution in [0.1, 0.15) is 30.5 Å². The number of nitrogens with one attached hydrogen (secondary N) is 1. The Labute approximate surface area is 166 Å². The number of rotatable bonds is 2. The second-order valence-electron chi connectivity index (χ2n) is 7.64. The highest BCUT2D eigenvalue weighted by Crippen LogP contribution is 2.38. The SMILES string of the molecule is CC(C)(c1c(F)cc(C#Cc2ccccc2)cc1F)N1C(=O)NC2(COC2)C1=O. The fourth-order valence-corrected chi connectivity index (χ4v) is 3.64. The van der Waals surface area contributed by atoms with Gasteiger partial charge in [-0.2, -0.15) is 0 Å². The normalized spacial score (nSPS) is 17.6. The van der Waals surface area contributed by atoms with E-state index in [1.165, 1.54) is 13.8 Å². The van der Waals surface area contributed by atoms with E-state index in [2.05, 4.69) is 17.2 Å². The van der Waals surface area contributed by atoms with Gasteiger partial charge in [0.15, 0.2) is 5.54 Å². The number of benzene rings is 2. The minimum absolute atomic E-state index is 0.0448. The van der Waals surface area contributed by atoms with Crippen LogP contribution in [-0.4, -0.2) is 35.6 Å². The Morgan fingerprint density at radius 3 is 2.14 bits per heavy atom. The molecule has 2 saturated heterocycles. The summed E-state index contributed by atoms with van der Waals surface area (Å²) in [6.07, 6.45) is 0. The summed E-state index contributed by atoms with van der Waals surface area (Å²) in [4.78, 5) is 26.1. The molecule has 0 aromatic heterocycles. The maximum absolute atomic E-state index is 14.9. The molecule has 2 aliphatic rings. The first-order valence-corrected chi connectivity index (χ1v) is 9.06. The van der Waals surface area contributed by atoms with Gasteiger partial charge in [0.1, 0.15) is 11.6 Å². The van der Waals surface area contributed by atoms with Crippen LogP contribution < -0.4 is 5.32 Å². The predicted molar refractivity (Wildman–Crippen MR) is 101 cm³/mol. The van der Waals surface area contributed by atoms with Crippen molar-refractivity contribution in [1.82, 2.24) is 10.2 Å². The van der Waals surface area contributed by atoms with E-state index < -0.39 is 34.7 Å². The zero-order valence-corrected chi connectivity index (χ0v) is 15.9. The maximum Gasteiger partial charge on any atom is 0.325 e. The van der Waals surface area contributed by atoms with Gasteiger partial charge in [-0.25, -0.2) is 13.6 Å². The molecule has 0 radical (unpaired) electrons. The molecule has 2 aliphatic heterocycles. The Balaban J connectivity index is 1.69. The lowest BCUT2D eigenvalue weighted by molar-refractivity contribution is -0.151. The van der Waals surface area contributed by atoms with Crippen LogP contribution in [0.15, 0.2) is 42.5 Å². The number of ether oxygens (including phenoxy) is 1. The molecule has 0 saturated carbocycles. The fraction of sp³-hybridized carbons (Fsp3) is 0.273. The van der Waals surface area contributed by atoms with E-state index >= 15 is 0 Å². The highest BCUT2D eigenvalue weighted by molar-refractivity contribution is 6.08. The van der Waals surface area contributed by atoms with E-state index in [0.717, 1.165) is 17.0 Å². The van der Waals surface area contributed by atoms with E-state index in [4.69, 9.17) is 4.74 Å². The molecule has 0 aliphatic carbocycles. The van der Waals surface area contributed by atoms with Gasteiger partial charge in [0.2, 0.25) is 0 Å². The highest BCUT2D eigenvalue weighted by atomic mass is 19.1. The van der Waals surface area contributed by atoms with Crippen LogP contribution in [0.25, 0.3) is 0 Å². The van der Waals surface area contributed by atoms with Crippen molar-refractivity contribution in [2.75, 3.05) is 13.2 Å². The quantitative estimate of drug-likeness (QED) is 0.627. The minimum Gasteiger partial charge on any atom is -0.375 e. The zero-order chi connectivity index (χ0) is 20.8. The average Bonchev–Trinajstić information content (AvgIpc) is 2.91.